The fourth-order valence-electron chi connectivity index (χ4n) is 2.81. The van der Waals surface area contributed by atoms with E-state index in [1.165, 1.54) is 36.5 Å². The number of aliphatic hydroxyl groups excluding tert-OH is 1. The number of allylic oxidation sites excluding steroid dienone is 1. The molecule has 0 radical (unpaired) electrons. The van der Waals surface area contributed by atoms with Crippen LogP contribution >= 0.6 is 11.6 Å². The van der Waals surface area contributed by atoms with Crippen molar-refractivity contribution >= 4 is 44.1 Å². The van der Waals surface area contributed by atoms with Gasteiger partial charge in [-0.1, -0.05) is 29.8 Å². The van der Waals surface area contributed by atoms with Crippen molar-refractivity contribution in [3.05, 3.63) is 77.2 Å². The zero-order chi connectivity index (χ0) is 20.6. The van der Waals surface area contributed by atoms with Gasteiger partial charge in [-0.25, -0.2) is 12.4 Å². The molecule has 2 heterocycles. The molecular formula is C18H12ClN5O4S. The van der Waals surface area contributed by atoms with Crippen molar-refractivity contribution in [3.8, 4) is 0 Å². The summed E-state index contributed by atoms with van der Waals surface area (Å²) in [5.74, 6) is -1.41. The molecule has 2 N–H and O–H groups in total. The zero-order valence-electron chi connectivity index (χ0n) is 14.5. The molecular weight excluding hydrogens is 418 g/mol. The summed E-state index contributed by atoms with van der Waals surface area (Å²) in [4.78, 5) is 12.2. The van der Waals surface area contributed by atoms with Crippen LogP contribution in [0.25, 0.3) is 16.7 Å². The van der Waals surface area contributed by atoms with Crippen molar-refractivity contribution in [2.75, 3.05) is 0 Å². The molecule has 29 heavy (non-hydrogen) atoms. The predicted octanol–water partition coefficient (Wildman–Crippen LogP) is 2.83. The van der Waals surface area contributed by atoms with Crippen molar-refractivity contribution < 1.29 is 18.3 Å². The summed E-state index contributed by atoms with van der Waals surface area (Å²) in [5.41, 5.74) is 0.402. The number of tetrazole rings is 1. The van der Waals surface area contributed by atoms with Crippen molar-refractivity contribution in [2.24, 2.45) is 0 Å². The van der Waals surface area contributed by atoms with Gasteiger partial charge in [0.2, 0.25) is 11.6 Å². The number of hydrogen-bond acceptors (Lipinski definition) is 7. The molecule has 0 amide bonds. The van der Waals surface area contributed by atoms with E-state index in [0.717, 1.165) is 10.0 Å². The molecule has 0 spiro atoms. The number of carbonyl (C=O) groups excluding carboxylic acids is 1. The lowest BCUT2D eigenvalue weighted by atomic mass is 10.1. The average molecular weight is 430 g/mol. The van der Waals surface area contributed by atoms with Crippen LogP contribution in [-0.4, -0.2) is 43.9 Å². The molecule has 2 aromatic heterocycles. The van der Waals surface area contributed by atoms with Crippen LogP contribution in [0.1, 0.15) is 16.2 Å². The Morgan fingerprint density at radius 1 is 1.17 bits per heavy atom. The molecule has 0 aliphatic carbocycles. The summed E-state index contributed by atoms with van der Waals surface area (Å²) in [6.07, 6.45) is 2.12. The van der Waals surface area contributed by atoms with Crippen LogP contribution in [0.5, 0.6) is 0 Å². The first kappa shape index (κ1) is 18.8. The molecule has 9 nitrogen and oxygen atoms in total. The number of carbonyl (C=O) groups is 1. The van der Waals surface area contributed by atoms with Crippen LogP contribution in [-0.2, 0) is 10.0 Å². The lowest BCUT2D eigenvalue weighted by Gasteiger charge is -2.07. The fraction of sp³-hybridized carbons (Fsp3) is 0. The Balaban J connectivity index is 1.90. The maximum absolute atomic E-state index is 13.1. The molecule has 11 heteroatoms. The third kappa shape index (κ3) is 3.39. The molecule has 0 aliphatic heterocycles. The highest BCUT2D eigenvalue weighted by molar-refractivity contribution is 7.90. The van der Waals surface area contributed by atoms with E-state index in [1.807, 2.05) is 0 Å². The monoisotopic (exact) mass is 429 g/mol. The number of rotatable bonds is 5. The van der Waals surface area contributed by atoms with Gasteiger partial charge in [0.05, 0.1) is 10.4 Å². The van der Waals surface area contributed by atoms with E-state index < -0.39 is 21.6 Å². The molecule has 0 bridgehead atoms. The number of aliphatic hydroxyl groups is 1. The smallest absolute Gasteiger partial charge is 0.268 e. The number of aromatic amines is 1. The molecule has 0 saturated carbocycles. The number of nitrogens with one attached hydrogen (secondary N) is 1. The number of benzene rings is 2. The van der Waals surface area contributed by atoms with E-state index in [1.54, 1.807) is 18.2 Å². The average Bonchev–Trinajstić information content (AvgIpc) is 3.37. The number of halogens is 1. The second kappa shape index (κ2) is 7.15. The standard InChI is InChI=1S/C18H12ClN5O4S/c19-11-6-7-15-13(8-11)14(16(25)9-17(26)18-20-22-23-21-18)10-24(15)29(27,28)12-4-2-1-3-5-12/h1-10,25H,(H,20,21,22,23). The second-order valence-corrected chi connectivity index (χ2v) is 8.20. The van der Waals surface area contributed by atoms with Gasteiger partial charge in [0.1, 0.15) is 5.76 Å². The molecule has 0 atom stereocenters. The lowest BCUT2D eigenvalue weighted by Crippen LogP contribution is -2.11. The minimum absolute atomic E-state index is 0.0738. The number of hydrogen-bond donors (Lipinski definition) is 2. The first-order valence-electron chi connectivity index (χ1n) is 8.18. The van der Waals surface area contributed by atoms with Crippen molar-refractivity contribution in [3.63, 3.8) is 0 Å². The molecule has 0 saturated heterocycles. The second-order valence-electron chi connectivity index (χ2n) is 5.95. The summed E-state index contributed by atoms with van der Waals surface area (Å²) in [6, 6.07) is 12.4. The van der Waals surface area contributed by atoms with Crippen molar-refractivity contribution in [1.82, 2.24) is 24.6 Å². The lowest BCUT2D eigenvalue weighted by molar-refractivity contribution is 0.103. The summed E-state index contributed by atoms with van der Waals surface area (Å²) in [5, 5.41) is 23.7. The van der Waals surface area contributed by atoms with Gasteiger partial charge in [0.15, 0.2) is 0 Å². The normalized spacial score (nSPS) is 12.4. The highest BCUT2D eigenvalue weighted by Gasteiger charge is 2.23. The van der Waals surface area contributed by atoms with Gasteiger partial charge in [0, 0.05) is 28.2 Å². The molecule has 0 aliphatic rings. The Bertz CT molecular complexity index is 1350. The van der Waals surface area contributed by atoms with Gasteiger partial charge in [0.25, 0.3) is 10.0 Å². The minimum Gasteiger partial charge on any atom is -0.507 e. The Morgan fingerprint density at radius 3 is 2.62 bits per heavy atom. The summed E-state index contributed by atoms with van der Waals surface area (Å²) >= 11 is 6.06. The van der Waals surface area contributed by atoms with Crippen LogP contribution in [0, 0.1) is 0 Å². The number of H-pyrrole nitrogens is 1. The summed E-state index contributed by atoms with van der Waals surface area (Å²) in [6.45, 7) is 0. The van der Waals surface area contributed by atoms with Gasteiger partial charge in [-0.05, 0) is 35.5 Å². The maximum atomic E-state index is 13.1. The molecule has 0 unspecified atom stereocenters. The third-order valence-electron chi connectivity index (χ3n) is 4.14. The van der Waals surface area contributed by atoms with E-state index >= 15 is 0 Å². The van der Waals surface area contributed by atoms with Gasteiger partial charge in [-0.2, -0.15) is 5.21 Å². The van der Waals surface area contributed by atoms with E-state index in [4.69, 9.17) is 11.6 Å². The van der Waals surface area contributed by atoms with Gasteiger partial charge in [-0.3, -0.25) is 4.79 Å². The zero-order valence-corrected chi connectivity index (χ0v) is 16.1. The van der Waals surface area contributed by atoms with Crippen LogP contribution in [0.4, 0.5) is 0 Å². The van der Waals surface area contributed by atoms with Crippen molar-refractivity contribution in [2.45, 2.75) is 4.90 Å². The number of ketones is 1. The Morgan fingerprint density at radius 2 is 1.93 bits per heavy atom. The number of nitrogens with zero attached hydrogens (tertiary/aromatic N) is 4. The van der Waals surface area contributed by atoms with E-state index in [9.17, 15) is 18.3 Å². The largest absolute Gasteiger partial charge is 0.507 e. The van der Waals surface area contributed by atoms with Crippen LogP contribution < -0.4 is 0 Å². The van der Waals surface area contributed by atoms with E-state index in [2.05, 4.69) is 20.6 Å². The Labute approximate surface area is 169 Å². The highest BCUT2D eigenvalue weighted by atomic mass is 35.5. The predicted molar refractivity (Wildman–Crippen MR) is 105 cm³/mol. The van der Waals surface area contributed by atoms with Crippen LogP contribution in [0.2, 0.25) is 5.02 Å². The number of fused-ring (bicyclic) bond motifs is 1. The van der Waals surface area contributed by atoms with Gasteiger partial charge >= 0.3 is 0 Å². The molecule has 2 aromatic carbocycles. The van der Waals surface area contributed by atoms with E-state index in [0.29, 0.717) is 15.9 Å². The maximum Gasteiger partial charge on any atom is 0.268 e. The quantitative estimate of drug-likeness (QED) is 0.283. The van der Waals surface area contributed by atoms with Crippen molar-refractivity contribution in [1.29, 1.82) is 0 Å². The molecule has 146 valence electrons. The fourth-order valence-corrected chi connectivity index (χ4v) is 4.38. The molecule has 4 rings (SSSR count). The van der Waals surface area contributed by atoms with Crippen LogP contribution in [0.3, 0.4) is 0 Å². The minimum atomic E-state index is -3.95. The Kier molecular flexibility index (Phi) is 4.65. The molecule has 0 fully saturated rings. The highest BCUT2D eigenvalue weighted by Crippen LogP contribution is 2.31. The van der Waals surface area contributed by atoms with Gasteiger partial charge in [-0.15, -0.1) is 10.2 Å². The Hall–Kier alpha value is -3.50. The SMILES string of the molecule is O=C(C=C(O)c1cn(S(=O)(=O)c2ccccc2)c2ccc(Cl)cc12)c1nn[nH]n1. The molecule has 4 aromatic rings. The van der Waals surface area contributed by atoms with Gasteiger partial charge < -0.3 is 5.11 Å². The topological polar surface area (TPSA) is 131 Å². The first-order chi connectivity index (χ1) is 13.9. The van der Waals surface area contributed by atoms with E-state index in [-0.39, 0.29) is 16.3 Å². The number of aromatic nitrogens is 5. The summed E-state index contributed by atoms with van der Waals surface area (Å²) in [7, 11) is -3.95. The van der Waals surface area contributed by atoms with Crippen LogP contribution in [0.15, 0.2) is 65.7 Å². The first-order valence-corrected chi connectivity index (χ1v) is 10.00. The third-order valence-corrected chi connectivity index (χ3v) is 6.07. The summed E-state index contributed by atoms with van der Waals surface area (Å²) < 4.78 is 27.2.